The van der Waals surface area contributed by atoms with E-state index in [0.717, 1.165) is 50.0 Å². The van der Waals surface area contributed by atoms with Crippen LogP contribution in [0.5, 0.6) is 0 Å². The van der Waals surface area contributed by atoms with Gasteiger partial charge in [0.05, 0.1) is 5.58 Å². The Balaban J connectivity index is 0.000000255. The summed E-state index contributed by atoms with van der Waals surface area (Å²) in [7, 11) is 0. The number of para-hydroxylation sites is 1. The number of fused-ring (bicyclic) bond motifs is 4. The molecule has 0 atom stereocenters. The second-order valence-corrected chi connectivity index (χ2v) is 12.1. The molecule has 243 valence electrons. The molecule has 0 N–H and O–H groups in total. The quantitative estimate of drug-likeness (QED) is 0.166. The Morgan fingerprint density at radius 3 is 2.20 bits per heavy atom. The summed E-state index contributed by atoms with van der Waals surface area (Å²) in [6, 6.07) is 56.3. The number of aromatic nitrogens is 2. The maximum atomic E-state index is 6.27. The first-order valence-electron chi connectivity index (χ1n) is 16.4. The Kier molecular flexibility index (Phi) is 9.49. The monoisotopic (exact) mass is 821 g/mol. The summed E-state index contributed by atoms with van der Waals surface area (Å²) in [6.07, 6.45) is 3.75. The zero-order chi connectivity index (χ0) is 33.2. The van der Waals surface area contributed by atoms with E-state index >= 15 is 0 Å². The minimum atomic E-state index is 0. The van der Waals surface area contributed by atoms with E-state index in [1.165, 1.54) is 38.6 Å². The molecule has 0 fully saturated rings. The van der Waals surface area contributed by atoms with Crippen LogP contribution in [0.2, 0.25) is 0 Å². The van der Waals surface area contributed by atoms with Crippen molar-refractivity contribution in [3.8, 4) is 44.8 Å². The summed E-state index contributed by atoms with van der Waals surface area (Å²) in [4.78, 5) is 9.02. The SMILES string of the molecule is Cc1cnc(-c2[c-]ccc3c2oc2ccccc23)cc1-c1ccc2cc(-c3ccccc3)ccc2c1C.[Ir].[c-]1ccccc1-c1ccccn1. The molecule has 0 aliphatic heterocycles. The van der Waals surface area contributed by atoms with Gasteiger partial charge in [0.1, 0.15) is 5.58 Å². The molecular formula is C46H32IrN2O-2. The molecule has 0 saturated heterocycles. The van der Waals surface area contributed by atoms with E-state index < -0.39 is 0 Å². The zero-order valence-electron chi connectivity index (χ0n) is 27.6. The van der Waals surface area contributed by atoms with E-state index in [1.807, 2.05) is 72.9 Å². The Morgan fingerprint density at radius 1 is 0.560 bits per heavy atom. The molecule has 0 aliphatic carbocycles. The number of aryl methyl sites for hydroxylation is 2. The molecule has 3 nitrogen and oxygen atoms in total. The van der Waals surface area contributed by atoms with Gasteiger partial charge in [0.2, 0.25) is 0 Å². The standard InChI is InChI=1S/C35H24NO.C11H8N.Ir/c1-22-21-36-33(31-13-8-12-30-29-11-6-7-14-34(29)37-35(30)31)20-32(22)28-18-16-26-19-25(15-17-27(26)23(28)2)24-9-4-3-5-10-24;1-2-6-10(7-3-1)11-8-4-5-9-12-11;/h3-12,14-21H,1-2H3;1-6,8-9H;/q2*-1;. The molecule has 0 unspecified atom stereocenters. The largest absolute Gasteiger partial charge is 0.501 e. The molecule has 0 amide bonds. The topological polar surface area (TPSA) is 38.9 Å². The van der Waals surface area contributed by atoms with Crippen LogP contribution in [-0.2, 0) is 20.1 Å². The molecule has 3 heterocycles. The maximum Gasteiger partial charge on any atom is 0.120 e. The molecular weight excluding hydrogens is 789 g/mol. The van der Waals surface area contributed by atoms with Crippen LogP contribution in [0.3, 0.4) is 0 Å². The van der Waals surface area contributed by atoms with Crippen LogP contribution < -0.4 is 0 Å². The first-order valence-corrected chi connectivity index (χ1v) is 16.4. The third-order valence-corrected chi connectivity index (χ3v) is 9.03. The number of pyridine rings is 2. The fraction of sp³-hybridized carbons (Fsp3) is 0.0435. The number of hydrogen-bond donors (Lipinski definition) is 0. The van der Waals surface area contributed by atoms with Crippen molar-refractivity contribution in [3.05, 3.63) is 181 Å². The van der Waals surface area contributed by atoms with Crippen molar-refractivity contribution in [2.24, 2.45) is 0 Å². The number of benzene rings is 6. The first kappa shape index (κ1) is 32.9. The van der Waals surface area contributed by atoms with E-state index in [1.54, 1.807) is 6.20 Å². The van der Waals surface area contributed by atoms with Crippen LogP contribution in [0.4, 0.5) is 0 Å². The molecule has 9 aromatic rings. The average molecular weight is 821 g/mol. The van der Waals surface area contributed by atoms with Gasteiger partial charge in [-0.1, -0.05) is 102 Å². The predicted octanol–water partition coefficient (Wildman–Crippen LogP) is 12.1. The normalized spacial score (nSPS) is 10.8. The van der Waals surface area contributed by atoms with Gasteiger partial charge in [0.25, 0.3) is 0 Å². The second-order valence-electron chi connectivity index (χ2n) is 12.1. The third-order valence-electron chi connectivity index (χ3n) is 9.03. The third kappa shape index (κ3) is 6.40. The van der Waals surface area contributed by atoms with Crippen molar-refractivity contribution in [1.29, 1.82) is 0 Å². The van der Waals surface area contributed by atoms with Gasteiger partial charge in [-0.05, 0) is 87.6 Å². The number of nitrogens with zero attached hydrogens (tertiary/aromatic N) is 2. The van der Waals surface area contributed by atoms with Gasteiger partial charge in [0, 0.05) is 37.9 Å². The summed E-state index contributed by atoms with van der Waals surface area (Å²) in [5.41, 5.74) is 12.7. The predicted molar refractivity (Wildman–Crippen MR) is 202 cm³/mol. The minimum absolute atomic E-state index is 0. The van der Waals surface area contributed by atoms with E-state index in [0.29, 0.717) is 0 Å². The maximum absolute atomic E-state index is 6.27. The fourth-order valence-corrected chi connectivity index (χ4v) is 6.49. The Labute approximate surface area is 305 Å². The van der Waals surface area contributed by atoms with Crippen molar-refractivity contribution >= 4 is 32.7 Å². The Morgan fingerprint density at radius 2 is 1.38 bits per heavy atom. The van der Waals surface area contributed by atoms with Crippen molar-refractivity contribution in [1.82, 2.24) is 9.97 Å². The van der Waals surface area contributed by atoms with Crippen LogP contribution in [0.15, 0.2) is 162 Å². The van der Waals surface area contributed by atoms with Crippen molar-refractivity contribution in [2.45, 2.75) is 13.8 Å². The first-order chi connectivity index (χ1) is 24.1. The van der Waals surface area contributed by atoms with E-state index in [9.17, 15) is 0 Å². The minimum Gasteiger partial charge on any atom is -0.501 e. The summed E-state index contributed by atoms with van der Waals surface area (Å²) in [5.74, 6) is 0. The van der Waals surface area contributed by atoms with Crippen LogP contribution >= 0.6 is 0 Å². The molecule has 0 bridgehead atoms. The van der Waals surface area contributed by atoms with Gasteiger partial charge in [-0.2, -0.15) is 0 Å². The van der Waals surface area contributed by atoms with Gasteiger partial charge in [-0.3, -0.25) is 0 Å². The van der Waals surface area contributed by atoms with Crippen molar-refractivity contribution in [2.75, 3.05) is 0 Å². The molecule has 6 aromatic carbocycles. The van der Waals surface area contributed by atoms with Gasteiger partial charge in [0.15, 0.2) is 0 Å². The van der Waals surface area contributed by atoms with Crippen LogP contribution in [-0.4, -0.2) is 9.97 Å². The summed E-state index contributed by atoms with van der Waals surface area (Å²) in [5, 5.41) is 4.71. The summed E-state index contributed by atoms with van der Waals surface area (Å²) >= 11 is 0. The average Bonchev–Trinajstić information content (AvgIpc) is 3.56. The molecule has 4 heteroatoms. The van der Waals surface area contributed by atoms with E-state index in [2.05, 4.69) is 110 Å². The number of rotatable bonds is 4. The summed E-state index contributed by atoms with van der Waals surface area (Å²) < 4.78 is 6.27. The van der Waals surface area contributed by atoms with Crippen molar-refractivity contribution in [3.63, 3.8) is 0 Å². The van der Waals surface area contributed by atoms with Crippen LogP contribution in [0.25, 0.3) is 77.5 Å². The molecule has 0 spiro atoms. The summed E-state index contributed by atoms with van der Waals surface area (Å²) in [6.45, 7) is 4.34. The van der Waals surface area contributed by atoms with E-state index in [4.69, 9.17) is 9.40 Å². The molecule has 0 saturated carbocycles. The fourth-order valence-electron chi connectivity index (χ4n) is 6.49. The van der Waals surface area contributed by atoms with Gasteiger partial charge in [-0.15, -0.1) is 54.1 Å². The molecule has 1 radical (unpaired) electrons. The number of furan rings is 1. The van der Waals surface area contributed by atoms with Crippen molar-refractivity contribution < 1.29 is 24.5 Å². The Hall–Kier alpha value is -5.67. The Bertz CT molecular complexity index is 2520. The van der Waals surface area contributed by atoms with Gasteiger partial charge < -0.3 is 14.4 Å². The zero-order valence-corrected chi connectivity index (χ0v) is 30.0. The van der Waals surface area contributed by atoms with Crippen LogP contribution in [0.1, 0.15) is 11.1 Å². The molecule has 9 rings (SSSR count). The molecule has 0 aliphatic rings. The second kappa shape index (κ2) is 14.4. The smallest absolute Gasteiger partial charge is 0.120 e. The van der Waals surface area contributed by atoms with Gasteiger partial charge in [-0.25, -0.2) is 0 Å². The van der Waals surface area contributed by atoms with Crippen LogP contribution in [0, 0.1) is 26.0 Å². The van der Waals surface area contributed by atoms with E-state index in [-0.39, 0.29) is 20.1 Å². The molecule has 50 heavy (non-hydrogen) atoms. The number of hydrogen-bond acceptors (Lipinski definition) is 3. The van der Waals surface area contributed by atoms with Gasteiger partial charge >= 0.3 is 0 Å². The molecule has 3 aromatic heterocycles.